The van der Waals surface area contributed by atoms with Crippen molar-refractivity contribution < 1.29 is 9.59 Å². The molecule has 6 heteroatoms. The summed E-state index contributed by atoms with van der Waals surface area (Å²) in [6.45, 7) is 5.56. The van der Waals surface area contributed by atoms with Gasteiger partial charge >= 0.3 is 0 Å². The molecule has 2 aliphatic heterocycles. The van der Waals surface area contributed by atoms with Crippen LogP contribution in [0.4, 0.5) is 0 Å². The van der Waals surface area contributed by atoms with Crippen molar-refractivity contribution in [1.82, 2.24) is 19.6 Å². The van der Waals surface area contributed by atoms with Gasteiger partial charge < -0.3 is 9.80 Å². The third-order valence-corrected chi connectivity index (χ3v) is 6.41. The van der Waals surface area contributed by atoms with Gasteiger partial charge in [0.1, 0.15) is 5.69 Å². The standard InChI is InChI=1S/C22H26N4O2/c1-14-19-15(2)25(18-9-6-12-24(13-18)21(27)16-10-11-16)22(28)20(19)26(23-14)17-7-4-3-5-8-17/h3-5,7-8,15-16,18H,6,9-13H2,1-2H3. The predicted octanol–water partition coefficient (Wildman–Crippen LogP) is 3.10. The molecule has 2 amide bonds. The van der Waals surface area contributed by atoms with Crippen LogP contribution in [0.15, 0.2) is 30.3 Å². The summed E-state index contributed by atoms with van der Waals surface area (Å²) >= 11 is 0. The van der Waals surface area contributed by atoms with Crippen molar-refractivity contribution in [3.05, 3.63) is 47.3 Å². The zero-order valence-electron chi connectivity index (χ0n) is 16.5. The van der Waals surface area contributed by atoms with Crippen molar-refractivity contribution in [3.8, 4) is 5.69 Å². The number of carbonyl (C=O) groups excluding carboxylic acids is 2. The van der Waals surface area contributed by atoms with Crippen molar-refractivity contribution in [2.24, 2.45) is 5.92 Å². The zero-order chi connectivity index (χ0) is 19.4. The highest BCUT2D eigenvalue weighted by molar-refractivity contribution is 5.98. The average molecular weight is 378 g/mol. The fraction of sp³-hybridized carbons (Fsp3) is 0.500. The van der Waals surface area contributed by atoms with E-state index >= 15 is 0 Å². The number of fused-ring (bicyclic) bond motifs is 1. The lowest BCUT2D eigenvalue weighted by Crippen LogP contribution is -2.51. The highest BCUT2D eigenvalue weighted by Crippen LogP contribution is 2.40. The molecule has 1 aliphatic carbocycles. The molecule has 6 nitrogen and oxygen atoms in total. The van der Waals surface area contributed by atoms with Gasteiger partial charge in [0.25, 0.3) is 5.91 Å². The van der Waals surface area contributed by atoms with E-state index in [1.54, 1.807) is 4.68 Å². The maximum absolute atomic E-state index is 13.5. The molecular weight excluding hydrogens is 352 g/mol. The number of aromatic nitrogens is 2. The normalized spacial score (nSPS) is 24.6. The summed E-state index contributed by atoms with van der Waals surface area (Å²) in [6.07, 6.45) is 3.96. The molecule has 0 radical (unpaired) electrons. The number of piperidine rings is 1. The van der Waals surface area contributed by atoms with Gasteiger partial charge in [0, 0.05) is 24.6 Å². The van der Waals surface area contributed by atoms with Crippen LogP contribution in [0, 0.1) is 12.8 Å². The number of para-hydroxylation sites is 1. The molecule has 2 atom stereocenters. The fourth-order valence-electron chi connectivity index (χ4n) is 4.89. The number of rotatable bonds is 3. The molecule has 1 saturated heterocycles. The van der Waals surface area contributed by atoms with Gasteiger partial charge in [-0.25, -0.2) is 4.68 Å². The van der Waals surface area contributed by atoms with Gasteiger partial charge in [0.15, 0.2) is 0 Å². The molecule has 2 aromatic rings. The Morgan fingerprint density at radius 3 is 2.61 bits per heavy atom. The summed E-state index contributed by atoms with van der Waals surface area (Å²) in [5.41, 5.74) is 3.52. The van der Waals surface area contributed by atoms with Gasteiger partial charge in [0.05, 0.1) is 23.5 Å². The minimum Gasteiger partial charge on any atom is -0.340 e. The second-order valence-corrected chi connectivity index (χ2v) is 8.34. The van der Waals surface area contributed by atoms with Crippen LogP contribution in [0.1, 0.15) is 60.4 Å². The van der Waals surface area contributed by atoms with Crippen LogP contribution in [-0.4, -0.2) is 50.5 Å². The van der Waals surface area contributed by atoms with Crippen LogP contribution in [0.5, 0.6) is 0 Å². The van der Waals surface area contributed by atoms with Crippen LogP contribution >= 0.6 is 0 Å². The van der Waals surface area contributed by atoms with Crippen LogP contribution in [0.25, 0.3) is 5.69 Å². The van der Waals surface area contributed by atoms with Gasteiger partial charge in [-0.05, 0) is 51.7 Å². The number of nitrogens with zero attached hydrogens (tertiary/aromatic N) is 4. The van der Waals surface area contributed by atoms with Gasteiger partial charge in [-0.2, -0.15) is 5.10 Å². The Bertz CT molecular complexity index is 932. The predicted molar refractivity (Wildman–Crippen MR) is 105 cm³/mol. The first-order chi connectivity index (χ1) is 13.6. The molecule has 2 fully saturated rings. The minimum atomic E-state index is -0.0130. The molecule has 5 rings (SSSR count). The van der Waals surface area contributed by atoms with Crippen LogP contribution in [0.3, 0.4) is 0 Å². The third kappa shape index (κ3) is 2.65. The Hall–Kier alpha value is -2.63. The molecule has 0 N–H and O–H groups in total. The molecule has 146 valence electrons. The summed E-state index contributed by atoms with van der Waals surface area (Å²) < 4.78 is 1.79. The Labute approximate surface area is 165 Å². The van der Waals surface area contributed by atoms with Gasteiger partial charge in [-0.1, -0.05) is 18.2 Å². The second kappa shape index (κ2) is 6.47. The van der Waals surface area contributed by atoms with Crippen LogP contribution in [-0.2, 0) is 4.79 Å². The van der Waals surface area contributed by atoms with Gasteiger partial charge in [-0.15, -0.1) is 0 Å². The summed E-state index contributed by atoms with van der Waals surface area (Å²) in [7, 11) is 0. The molecule has 1 aromatic carbocycles. The molecule has 3 heterocycles. The van der Waals surface area contributed by atoms with Gasteiger partial charge in [-0.3, -0.25) is 9.59 Å². The van der Waals surface area contributed by atoms with E-state index in [0.29, 0.717) is 12.2 Å². The highest BCUT2D eigenvalue weighted by Gasteiger charge is 2.45. The number of benzene rings is 1. The van der Waals surface area contributed by atoms with Crippen LogP contribution in [0.2, 0.25) is 0 Å². The number of likely N-dealkylation sites (tertiary alicyclic amines) is 1. The number of carbonyl (C=O) groups is 2. The number of amides is 2. The Morgan fingerprint density at radius 2 is 1.89 bits per heavy atom. The summed E-state index contributed by atoms with van der Waals surface area (Å²) in [4.78, 5) is 30.0. The molecule has 0 bridgehead atoms. The van der Waals surface area contributed by atoms with Crippen molar-refractivity contribution in [2.45, 2.75) is 51.6 Å². The maximum atomic E-state index is 13.5. The lowest BCUT2D eigenvalue weighted by molar-refractivity contribution is -0.134. The molecule has 1 aromatic heterocycles. The van der Waals surface area contributed by atoms with E-state index in [9.17, 15) is 9.59 Å². The van der Waals surface area contributed by atoms with Crippen molar-refractivity contribution in [2.75, 3.05) is 13.1 Å². The monoisotopic (exact) mass is 378 g/mol. The molecular formula is C22H26N4O2. The Balaban J connectivity index is 1.45. The average Bonchev–Trinajstić information content (AvgIpc) is 3.45. The first-order valence-electron chi connectivity index (χ1n) is 10.3. The number of hydrogen-bond acceptors (Lipinski definition) is 3. The number of aryl methyl sites for hydroxylation is 1. The fourth-order valence-corrected chi connectivity index (χ4v) is 4.89. The minimum absolute atomic E-state index is 0.0130. The summed E-state index contributed by atoms with van der Waals surface area (Å²) in [5.74, 6) is 0.558. The first-order valence-corrected chi connectivity index (χ1v) is 10.3. The van der Waals surface area contributed by atoms with Crippen molar-refractivity contribution >= 4 is 11.8 Å². The third-order valence-electron chi connectivity index (χ3n) is 6.41. The van der Waals surface area contributed by atoms with Crippen molar-refractivity contribution in [3.63, 3.8) is 0 Å². The van der Waals surface area contributed by atoms with Gasteiger partial charge in [0.2, 0.25) is 5.91 Å². The quantitative estimate of drug-likeness (QED) is 0.825. The first kappa shape index (κ1) is 17.5. The number of hydrogen-bond donors (Lipinski definition) is 0. The van der Waals surface area contributed by atoms with E-state index in [1.165, 1.54) is 0 Å². The molecule has 1 saturated carbocycles. The van der Waals surface area contributed by atoms with Crippen LogP contribution < -0.4 is 0 Å². The van der Waals surface area contributed by atoms with E-state index < -0.39 is 0 Å². The maximum Gasteiger partial charge on any atom is 0.273 e. The topological polar surface area (TPSA) is 58.4 Å². The molecule has 0 spiro atoms. The lowest BCUT2D eigenvalue weighted by atomic mass is 10.0. The Kier molecular flexibility index (Phi) is 4.03. The Morgan fingerprint density at radius 1 is 1.14 bits per heavy atom. The highest BCUT2D eigenvalue weighted by atomic mass is 16.2. The molecule has 28 heavy (non-hydrogen) atoms. The summed E-state index contributed by atoms with van der Waals surface area (Å²) in [6, 6.07) is 9.90. The van der Waals surface area contributed by atoms with E-state index in [2.05, 4.69) is 12.0 Å². The molecule has 2 unspecified atom stereocenters. The van der Waals surface area contributed by atoms with E-state index in [1.807, 2.05) is 47.1 Å². The molecule has 3 aliphatic rings. The second-order valence-electron chi connectivity index (χ2n) is 8.34. The smallest absolute Gasteiger partial charge is 0.273 e. The lowest BCUT2D eigenvalue weighted by Gasteiger charge is -2.39. The SMILES string of the molecule is Cc1nn(-c2ccccc2)c2c1C(C)N(C1CCCN(C(=O)C3CC3)C1)C2=O. The van der Waals surface area contributed by atoms with E-state index in [-0.39, 0.29) is 29.8 Å². The largest absolute Gasteiger partial charge is 0.340 e. The summed E-state index contributed by atoms with van der Waals surface area (Å²) in [5, 5.41) is 4.66. The van der Waals surface area contributed by atoms with E-state index in [4.69, 9.17) is 0 Å². The zero-order valence-corrected chi connectivity index (χ0v) is 16.5. The van der Waals surface area contributed by atoms with Crippen molar-refractivity contribution in [1.29, 1.82) is 0 Å². The van der Waals surface area contributed by atoms with E-state index in [0.717, 1.165) is 49.2 Å².